The summed E-state index contributed by atoms with van der Waals surface area (Å²) < 4.78 is 6.86. The number of rotatable bonds is 6. The van der Waals surface area contributed by atoms with E-state index in [1.54, 1.807) is 10.7 Å². The summed E-state index contributed by atoms with van der Waals surface area (Å²) in [6.07, 6.45) is 1.53. The van der Waals surface area contributed by atoms with Crippen LogP contribution in [0.5, 0.6) is 11.5 Å². The summed E-state index contributed by atoms with van der Waals surface area (Å²) in [6.45, 7) is 3.67. The molecule has 138 valence electrons. The summed E-state index contributed by atoms with van der Waals surface area (Å²) in [6, 6.07) is 5.38. The van der Waals surface area contributed by atoms with Gasteiger partial charge in [0.05, 0.1) is 20.2 Å². The number of benzene rings is 1. The van der Waals surface area contributed by atoms with E-state index in [9.17, 15) is 5.11 Å². The number of nitrogens with zero attached hydrogens (tertiary/aromatic N) is 5. The van der Waals surface area contributed by atoms with E-state index >= 15 is 0 Å². The molecular weight excluding hydrogens is 435 g/mol. The summed E-state index contributed by atoms with van der Waals surface area (Å²) >= 11 is 0. The first-order valence-electron chi connectivity index (χ1n) is 7.74. The molecule has 8 nitrogen and oxygen atoms in total. The number of aromatic nitrogens is 3. The fourth-order valence-electron chi connectivity index (χ4n) is 2.24. The minimum Gasteiger partial charge on any atom is -0.504 e. The van der Waals surface area contributed by atoms with Gasteiger partial charge in [-0.3, -0.25) is 4.68 Å². The number of halogens is 1. The van der Waals surface area contributed by atoms with Crippen LogP contribution >= 0.6 is 24.0 Å². The zero-order chi connectivity index (χ0) is 17.5. The molecule has 9 heteroatoms. The molecule has 2 rings (SSSR count). The zero-order valence-corrected chi connectivity index (χ0v) is 17.3. The summed E-state index contributed by atoms with van der Waals surface area (Å²) in [4.78, 5) is 10.8. The van der Waals surface area contributed by atoms with Crippen molar-refractivity contribution in [3.63, 3.8) is 0 Å². The average Bonchev–Trinajstić information content (AvgIpc) is 2.97. The van der Waals surface area contributed by atoms with Crippen LogP contribution in [0.1, 0.15) is 18.3 Å². The van der Waals surface area contributed by atoms with Gasteiger partial charge in [0.2, 0.25) is 0 Å². The van der Waals surface area contributed by atoms with Crippen molar-refractivity contribution in [1.82, 2.24) is 25.0 Å². The summed E-state index contributed by atoms with van der Waals surface area (Å²) in [7, 11) is 5.32. The van der Waals surface area contributed by atoms with Gasteiger partial charge in [0, 0.05) is 26.2 Å². The van der Waals surface area contributed by atoms with Gasteiger partial charge in [0.1, 0.15) is 12.2 Å². The van der Waals surface area contributed by atoms with Crippen molar-refractivity contribution in [2.75, 3.05) is 20.7 Å². The topological polar surface area (TPSA) is 87.8 Å². The molecule has 0 atom stereocenters. The Hall–Kier alpha value is -2.04. The van der Waals surface area contributed by atoms with Crippen LogP contribution in [0.25, 0.3) is 0 Å². The van der Waals surface area contributed by atoms with Crippen molar-refractivity contribution in [3.05, 3.63) is 35.9 Å². The van der Waals surface area contributed by atoms with Crippen LogP contribution in [0, 0.1) is 0 Å². The molecule has 0 aliphatic carbocycles. The molecule has 0 fully saturated rings. The van der Waals surface area contributed by atoms with E-state index in [0.717, 1.165) is 18.3 Å². The Morgan fingerprint density at radius 1 is 1.44 bits per heavy atom. The summed E-state index contributed by atoms with van der Waals surface area (Å²) in [5, 5.41) is 17.5. The van der Waals surface area contributed by atoms with Gasteiger partial charge in [-0.1, -0.05) is 12.1 Å². The van der Waals surface area contributed by atoms with E-state index in [1.807, 2.05) is 38.1 Å². The highest BCUT2D eigenvalue weighted by Gasteiger charge is 2.11. The van der Waals surface area contributed by atoms with E-state index < -0.39 is 0 Å². The molecule has 0 amide bonds. The van der Waals surface area contributed by atoms with E-state index in [1.165, 1.54) is 13.4 Å². The molecule has 0 spiro atoms. The molecule has 0 aliphatic heterocycles. The van der Waals surface area contributed by atoms with Gasteiger partial charge < -0.3 is 20.1 Å². The maximum Gasteiger partial charge on any atom is 0.194 e. The number of ether oxygens (including phenoxy) is 1. The largest absolute Gasteiger partial charge is 0.504 e. The molecule has 2 aromatic rings. The molecule has 0 bridgehead atoms. The number of aryl methyl sites for hydroxylation is 1. The van der Waals surface area contributed by atoms with Gasteiger partial charge in [-0.15, -0.1) is 24.0 Å². The van der Waals surface area contributed by atoms with Gasteiger partial charge in [0.15, 0.2) is 17.5 Å². The minimum absolute atomic E-state index is 0. The molecule has 25 heavy (non-hydrogen) atoms. The second-order valence-electron chi connectivity index (χ2n) is 5.29. The standard InChI is InChI=1S/C16H24N6O2.HI/c1-5-17-16(21(2)10-14-19-11-20-22(14)3)18-9-12-7-6-8-13(24-4)15(12)23;/h6-8,11,23H,5,9-10H2,1-4H3,(H,17,18);1H. The number of hydrogen-bond acceptors (Lipinski definition) is 5. The van der Waals surface area contributed by atoms with Gasteiger partial charge in [0.25, 0.3) is 0 Å². The molecular formula is C16H25IN6O2. The van der Waals surface area contributed by atoms with E-state index in [2.05, 4.69) is 20.4 Å². The lowest BCUT2D eigenvalue weighted by molar-refractivity contribution is 0.370. The van der Waals surface area contributed by atoms with E-state index in [0.29, 0.717) is 24.4 Å². The monoisotopic (exact) mass is 460 g/mol. The Labute approximate surface area is 164 Å². The Morgan fingerprint density at radius 3 is 2.80 bits per heavy atom. The first-order chi connectivity index (χ1) is 11.6. The summed E-state index contributed by atoms with van der Waals surface area (Å²) in [5.74, 6) is 2.13. The molecule has 0 radical (unpaired) electrons. The number of phenols is 1. The highest BCUT2D eigenvalue weighted by atomic mass is 127. The number of nitrogens with one attached hydrogen (secondary N) is 1. The predicted molar refractivity (Wildman–Crippen MR) is 107 cm³/mol. The quantitative estimate of drug-likeness (QED) is 0.388. The first-order valence-corrected chi connectivity index (χ1v) is 7.74. The smallest absolute Gasteiger partial charge is 0.194 e. The van der Waals surface area contributed by atoms with Crippen LogP contribution < -0.4 is 10.1 Å². The second-order valence-corrected chi connectivity index (χ2v) is 5.29. The zero-order valence-electron chi connectivity index (χ0n) is 14.9. The predicted octanol–water partition coefficient (Wildman–Crippen LogP) is 1.74. The number of aromatic hydroxyl groups is 1. The fourth-order valence-corrected chi connectivity index (χ4v) is 2.24. The summed E-state index contributed by atoms with van der Waals surface area (Å²) in [5.41, 5.74) is 0.705. The molecule has 2 N–H and O–H groups in total. The third kappa shape index (κ3) is 5.48. The van der Waals surface area contributed by atoms with Crippen LogP contribution in [0.15, 0.2) is 29.5 Å². The Balaban J connectivity index is 0.00000312. The number of methoxy groups -OCH3 is 1. The molecule has 1 aromatic carbocycles. The Morgan fingerprint density at radius 2 is 2.20 bits per heavy atom. The van der Waals surface area contributed by atoms with Gasteiger partial charge >= 0.3 is 0 Å². The highest BCUT2D eigenvalue weighted by Crippen LogP contribution is 2.29. The number of phenolic OH excluding ortho intramolecular Hbond substituents is 1. The van der Waals surface area contributed by atoms with Gasteiger partial charge in [-0.25, -0.2) is 9.98 Å². The SMILES string of the molecule is CCNC(=NCc1cccc(OC)c1O)N(C)Cc1ncnn1C.I. The van der Waals surface area contributed by atoms with Crippen molar-refractivity contribution in [1.29, 1.82) is 0 Å². The maximum absolute atomic E-state index is 10.2. The van der Waals surface area contributed by atoms with Crippen LogP contribution in [0.3, 0.4) is 0 Å². The maximum atomic E-state index is 10.2. The lowest BCUT2D eigenvalue weighted by Gasteiger charge is -2.21. The highest BCUT2D eigenvalue weighted by molar-refractivity contribution is 14.0. The Kier molecular flexibility index (Phi) is 8.46. The lowest BCUT2D eigenvalue weighted by Crippen LogP contribution is -2.39. The molecule has 0 saturated heterocycles. The third-order valence-electron chi connectivity index (χ3n) is 3.58. The number of hydrogen-bond donors (Lipinski definition) is 2. The van der Waals surface area contributed by atoms with Gasteiger partial charge in [-0.05, 0) is 13.0 Å². The van der Waals surface area contributed by atoms with Gasteiger partial charge in [-0.2, -0.15) is 5.10 Å². The van der Waals surface area contributed by atoms with Crippen LogP contribution in [0.2, 0.25) is 0 Å². The van der Waals surface area contributed by atoms with Crippen LogP contribution in [0.4, 0.5) is 0 Å². The van der Waals surface area contributed by atoms with Crippen molar-refractivity contribution < 1.29 is 9.84 Å². The number of guanidine groups is 1. The fraction of sp³-hybridized carbons (Fsp3) is 0.438. The number of aliphatic imine (C=N–C) groups is 1. The van der Waals surface area contributed by atoms with Crippen molar-refractivity contribution in [2.45, 2.75) is 20.0 Å². The molecule has 0 aliphatic rings. The second kappa shape index (κ2) is 10.1. The number of para-hydroxylation sites is 1. The molecule has 1 aromatic heterocycles. The molecule has 0 unspecified atom stereocenters. The third-order valence-corrected chi connectivity index (χ3v) is 3.58. The van der Waals surface area contributed by atoms with E-state index in [-0.39, 0.29) is 29.7 Å². The molecule has 1 heterocycles. The lowest BCUT2D eigenvalue weighted by atomic mass is 10.2. The molecule has 0 saturated carbocycles. The Bertz CT molecular complexity index is 704. The van der Waals surface area contributed by atoms with Crippen molar-refractivity contribution in [3.8, 4) is 11.5 Å². The van der Waals surface area contributed by atoms with E-state index in [4.69, 9.17) is 4.74 Å². The normalized spacial score (nSPS) is 11.0. The van der Waals surface area contributed by atoms with Crippen molar-refractivity contribution >= 4 is 29.9 Å². The first kappa shape index (κ1) is 21.0. The average molecular weight is 460 g/mol. The minimum atomic E-state index is 0. The van der Waals surface area contributed by atoms with Crippen molar-refractivity contribution in [2.24, 2.45) is 12.0 Å². The van der Waals surface area contributed by atoms with Crippen LogP contribution in [-0.4, -0.2) is 51.4 Å². The van der Waals surface area contributed by atoms with Crippen LogP contribution in [-0.2, 0) is 20.1 Å².